The molecule has 0 aliphatic carbocycles. The monoisotopic (exact) mass is 436 g/mol. The molecule has 7 heteroatoms. The molecule has 0 bridgehead atoms. The van der Waals surface area contributed by atoms with Crippen molar-refractivity contribution in [1.29, 1.82) is 0 Å². The number of fused-ring (bicyclic) bond motifs is 1. The lowest BCUT2D eigenvalue weighted by Gasteiger charge is -2.11. The molecule has 0 spiro atoms. The summed E-state index contributed by atoms with van der Waals surface area (Å²) in [5.74, 6) is -0.325. The van der Waals surface area contributed by atoms with E-state index >= 15 is 0 Å². The van der Waals surface area contributed by atoms with Gasteiger partial charge in [0.05, 0.1) is 15.6 Å². The third-order valence-corrected chi connectivity index (χ3v) is 6.22. The van der Waals surface area contributed by atoms with Crippen molar-refractivity contribution in [2.75, 3.05) is 10.0 Å². The maximum absolute atomic E-state index is 12.7. The van der Waals surface area contributed by atoms with E-state index in [2.05, 4.69) is 10.0 Å². The summed E-state index contributed by atoms with van der Waals surface area (Å²) < 4.78 is 27.9. The van der Waals surface area contributed by atoms with Gasteiger partial charge in [-0.05, 0) is 53.2 Å². The van der Waals surface area contributed by atoms with Crippen molar-refractivity contribution < 1.29 is 13.2 Å². The summed E-state index contributed by atoms with van der Waals surface area (Å²) in [5, 5.41) is 5.03. The summed E-state index contributed by atoms with van der Waals surface area (Å²) in [5.41, 5.74) is 1.14. The van der Waals surface area contributed by atoms with Crippen molar-refractivity contribution >= 4 is 49.7 Å². The van der Waals surface area contributed by atoms with Crippen LogP contribution in [-0.2, 0) is 10.0 Å². The van der Waals surface area contributed by atoms with Crippen LogP contribution in [0.3, 0.4) is 0 Å². The first-order valence-electron chi connectivity index (χ1n) is 9.10. The molecule has 0 aromatic heterocycles. The molecule has 30 heavy (non-hydrogen) atoms. The Kier molecular flexibility index (Phi) is 5.44. The largest absolute Gasteiger partial charge is 0.322 e. The van der Waals surface area contributed by atoms with Crippen LogP contribution in [0.5, 0.6) is 0 Å². The molecule has 0 heterocycles. The van der Waals surface area contributed by atoms with E-state index in [1.807, 2.05) is 30.3 Å². The molecule has 2 N–H and O–H groups in total. The van der Waals surface area contributed by atoms with Gasteiger partial charge in [-0.1, -0.05) is 60.1 Å². The van der Waals surface area contributed by atoms with Crippen molar-refractivity contribution in [3.05, 3.63) is 102 Å². The highest BCUT2D eigenvalue weighted by Crippen LogP contribution is 2.25. The average molecular weight is 437 g/mol. The van der Waals surface area contributed by atoms with Crippen LogP contribution in [0.2, 0.25) is 5.02 Å². The van der Waals surface area contributed by atoms with E-state index < -0.39 is 10.0 Å². The smallest absolute Gasteiger partial charge is 0.262 e. The van der Waals surface area contributed by atoms with Gasteiger partial charge in [-0.25, -0.2) is 8.42 Å². The van der Waals surface area contributed by atoms with E-state index in [4.69, 9.17) is 11.6 Å². The van der Waals surface area contributed by atoms with Gasteiger partial charge < -0.3 is 5.32 Å². The second-order valence-electron chi connectivity index (χ2n) is 6.63. The Morgan fingerprint density at radius 3 is 2.30 bits per heavy atom. The van der Waals surface area contributed by atoms with E-state index in [9.17, 15) is 13.2 Å². The first-order valence-corrected chi connectivity index (χ1v) is 11.0. The number of hydrogen-bond acceptors (Lipinski definition) is 3. The molecule has 1 amide bonds. The molecular formula is C23H17ClN2O3S. The van der Waals surface area contributed by atoms with Gasteiger partial charge in [0.2, 0.25) is 0 Å². The second-order valence-corrected chi connectivity index (χ2v) is 8.72. The second kappa shape index (κ2) is 8.18. The Balaban J connectivity index is 1.56. The summed E-state index contributed by atoms with van der Waals surface area (Å²) in [7, 11) is -3.87. The highest BCUT2D eigenvalue weighted by molar-refractivity contribution is 7.92. The minimum absolute atomic E-state index is 0.0127. The van der Waals surface area contributed by atoms with Gasteiger partial charge in [-0.15, -0.1) is 0 Å². The first-order chi connectivity index (χ1) is 14.4. The fraction of sp³-hybridized carbons (Fsp3) is 0. The number of benzene rings is 4. The predicted octanol–water partition coefficient (Wildman–Crippen LogP) is 5.55. The number of carbonyl (C=O) groups excluding carboxylic acids is 1. The van der Waals surface area contributed by atoms with Crippen LogP contribution in [0.15, 0.2) is 95.9 Å². The number of halogens is 1. The number of carbonyl (C=O) groups is 1. The van der Waals surface area contributed by atoms with Crippen molar-refractivity contribution in [3.63, 3.8) is 0 Å². The number of amides is 1. The van der Waals surface area contributed by atoms with Crippen LogP contribution in [0.25, 0.3) is 10.8 Å². The van der Waals surface area contributed by atoms with Gasteiger partial charge in [0.15, 0.2) is 0 Å². The van der Waals surface area contributed by atoms with Crippen molar-refractivity contribution in [1.82, 2.24) is 0 Å². The third-order valence-electron chi connectivity index (χ3n) is 4.53. The van der Waals surface area contributed by atoms with Crippen molar-refractivity contribution in [3.8, 4) is 0 Å². The molecule has 0 fully saturated rings. The highest BCUT2D eigenvalue weighted by Gasteiger charge is 2.17. The van der Waals surface area contributed by atoms with Crippen LogP contribution < -0.4 is 10.0 Å². The maximum Gasteiger partial charge on any atom is 0.262 e. The van der Waals surface area contributed by atoms with Crippen molar-refractivity contribution in [2.45, 2.75) is 4.90 Å². The zero-order chi connectivity index (χ0) is 21.1. The number of rotatable bonds is 5. The van der Waals surface area contributed by atoms with E-state index in [1.54, 1.807) is 48.5 Å². The molecule has 0 aliphatic rings. The molecule has 4 aromatic rings. The van der Waals surface area contributed by atoms with Crippen molar-refractivity contribution in [2.24, 2.45) is 0 Å². The Hall–Kier alpha value is -3.35. The number of anilines is 2. The maximum atomic E-state index is 12.7. The number of sulfonamides is 1. The lowest BCUT2D eigenvalue weighted by atomic mass is 10.1. The van der Waals surface area contributed by atoms with Gasteiger partial charge >= 0.3 is 0 Å². The summed E-state index contributed by atoms with van der Waals surface area (Å²) in [4.78, 5) is 12.7. The topological polar surface area (TPSA) is 75.3 Å². The Morgan fingerprint density at radius 1 is 0.767 bits per heavy atom. The molecule has 0 aliphatic heterocycles. The predicted molar refractivity (Wildman–Crippen MR) is 121 cm³/mol. The summed E-state index contributed by atoms with van der Waals surface area (Å²) >= 11 is 6.04. The normalized spacial score (nSPS) is 11.2. The molecule has 0 radical (unpaired) electrons. The quantitative estimate of drug-likeness (QED) is 0.431. The fourth-order valence-corrected chi connectivity index (χ4v) is 4.39. The lowest BCUT2D eigenvalue weighted by Crippen LogP contribution is -2.15. The lowest BCUT2D eigenvalue weighted by molar-refractivity contribution is 0.102. The molecular weight excluding hydrogens is 420 g/mol. The minimum Gasteiger partial charge on any atom is -0.322 e. The molecule has 0 saturated carbocycles. The van der Waals surface area contributed by atoms with E-state index in [1.165, 1.54) is 12.1 Å². The van der Waals surface area contributed by atoms with Crippen LogP contribution in [-0.4, -0.2) is 14.3 Å². The number of hydrogen-bond donors (Lipinski definition) is 2. The van der Waals surface area contributed by atoms with E-state index in [-0.39, 0.29) is 16.5 Å². The molecule has 150 valence electrons. The number of para-hydroxylation sites is 1. The zero-order valence-corrected chi connectivity index (χ0v) is 17.2. The molecule has 4 aromatic carbocycles. The Morgan fingerprint density at radius 2 is 1.50 bits per heavy atom. The van der Waals surface area contributed by atoms with E-state index in [0.717, 1.165) is 10.8 Å². The molecule has 0 saturated heterocycles. The van der Waals surface area contributed by atoms with E-state index in [0.29, 0.717) is 16.3 Å². The third kappa shape index (κ3) is 4.30. The summed E-state index contributed by atoms with van der Waals surface area (Å²) in [6.07, 6.45) is 0. The average Bonchev–Trinajstić information content (AvgIpc) is 2.75. The van der Waals surface area contributed by atoms with Gasteiger partial charge in [-0.3, -0.25) is 9.52 Å². The van der Waals surface area contributed by atoms with Crippen LogP contribution in [0.1, 0.15) is 10.4 Å². The standard InChI is InChI=1S/C23H17ClN2O3S/c24-21-10-3-4-11-22(21)26-30(28,29)20-9-5-8-19(15-20)25-23(27)18-13-12-16-6-1-2-7-17(16)14-18/h1-15,26H,(H,25,27). The van der Waals surface area contributed by atoms with Gasteiger partial charge in [0, 0.05) is 11.3 Å². The highest BCUT2D eigenvalue weighted by atomic mass is 35.5. The van der Waals surface area contributed by atoms with Gasteiger partial charge in [0.1, 0.15) is 0 Å². The Bertz CT molecular complexity index is 1350. The SMILES string of the molecule is O=C(Nc1cccc(S(=O)(=O)Nc2ccccc2Cl)c1)c1ccc2ccccc2c1. The fourth-order valence-electron chi connectivity index (χ4n) is 3.02. The van der Waals surface area contributed by atoms with Gasteiger partial charge in [0.25, 0.3) is 15.9 Å². The molecule has 0 unspecified atom stereocenters. The summed E-state index contributed by atoms with van der Waals surface area (Å²) in [6.45, 7) is 0. The van der Waals surface area contributed by atoms with Crippen LogP contribution >= 0.6 is 11.6 Å². The van der Waals surface area contributed by atoms with Gasteiger partial charge in [-0.2, -0.15) is 0 Å². The summed E-state index contributed by atoms with van der Waals surface area (Å²) in [6, 6.07) is 25.8. The minimum atomic E-state index is -3.87. The van der Waals surface area contributed by atoms with Crippen LogP contribution in [0.4, 0.5) is 11.4 Å². The van der Waals surface area contributed by atoms with Crippen LogP contribution in [0, 0.1) is 0 Å². The Labute approximate surface area is 179 Å². The molecule has 5 nitrogen and oxygen atoms in total. The first kappa shape index (κ1) is 19.9. The number of nitrogens with one attached hydrogen (secondary N) is 2. The molecule has 0 atom stereocenters. The zero-order valence-electron chi connectivity index (χ0n) is 15.7. The molecule has 4 rings (SSSR count).